The average molecular weight is 609 g/mol. The van der Waals surface area contributed by atoms with Crippen molar-refractivity contribution in [2.75, 3.05) is 0 Å². The zero-order valence-electron chi connectivity index (χ0n) is 26.6. The van der Waals surface area contributed by atoms with Gasteiger partial charge in [0.25, 0.3) is 0 Å². The number of hydrogen-bond acceptors (Lipinski definition) is 2. The summed E-state index contributed by atoms with van der Waals surface area (Å²) in [7, 11) is -2.89. The number of benzene rings is 3. The lowest BCUT2D eigenvalue weighted by Crippen LogP contribution is -2.33. The third-order valence-electron chi connectivity index (χ3n) is 8.02. The van der Waals surface area contributed by atoms with Gasteiger partial charge in [0.15, 0.2) is 0 Å². The Hall–Kier alpha value is -4.13. The van der Waals surface area contributed by atoms with E-state index in [1.165, 1.54) is 57.6 Å². The Kier molecular flexibility index (Phi) is 10.4. The Labute approximate surface area is 266 Å². The van der Waals surface area contributed by atoms with E-state index in [1.54, 1.807) is 12.4 Å². The summed E-state index contributed by atoms with van der Waals surface area (Å²) in [5.74, 6) is 0. The standard InChI is InChI=1S/C40H44N2Si2/c1-43(2,29-37-17-11-33(12-18-37)9-15-35-7-5-25-41-27-35)31-39-21-23-40(24-22-39)32-44(3,4)30-38-19-13-34(14-20-38)10-16-36-8-6-26-42-28-36/h5-28H,29-32H2,1-4H3/b15-9-,16-10-. The van der Waals surface area contributed by atoms with Crippen molar-refractivity contribution in [3.05, 3.63) is 166 Å². The first kappa shape index (κ1) is 31.3. The molecule has 5 aromatic rings. The molecule has 0 radical (unpaired) electrons. The highest BCUT2D eigenvalue weighted by molar-refractivity contribution is 6.76. The minimum atomic E-state index is -1.44. The highest BCUT2D eigenvalue weighted by Crippen LogP contribution is 2.22. The summed E-state index contributed by atoms with van der Waals surface area (Å²) in [5, 5.41) is 0. The van der Waals surface area contributed by atoms with Crippen molar-refractivity contribution in [2.24, 2.45) is 0 Å². The summed E-state index contributed by atoms with van der Waals surface area (Å²) in [4.78, 5) is 8.37. The van der Waals surface area contributed by atoms with Crippen molar-refractivity contribution in [1.29, 1.82) is 0 Å². The SMILES string of the molecule is C[Si](C)(Cc1ccc(/C=C\c2cccnc2)cc1)Cc1ccc(C[Si](C)(C)Cc2ccc(/C=C\c3cccnc3)cc2)cc1. The van der Waals surface area contributed by atoms with E-state index in [0.29, 0.717) is 0 Å². The molecule has 0 saturated heterocycles. The lowest BCUT2D eigenvalue weighted by molar-refractivity contribution is 1.18. The monoisotopic (exact) mass is 608 g/mol. The molecule has 0 aliphatic heterocycles. The number of aromatic nitrogens is 2. The van der Waals surface area contributed by atoms with Gasteiger partial charge in [-0.25, -0.2) is 0 Å². The van der Waals surface area contributed by atoms with Crippen molar-refractivity contribution in [3.8, 4) is 0 Å². The summed E-state index contributed by atoms with van der Waals surface area (Å²) >= 11 is 0. The zero-order valence-corrected chi connectivity index (χ0v) is 28.6. The molecule has 222 valence electrons. The van der Waals surface area contributed by atoms with E-state index in [2.05, 4.69) is 145 Å². The van der Waals surface area contributed by atoms with Crippen molar-refractivity contribution in [3.63, 3.8) is 0 Å². The predicted molar refractivity (Wildman–Crippen MR) is 195 cm³/mol. The maximum Gasteiger partial charge on any atom is 0.0561 e. The van der Waals surface area contributed by atoms with Gasteiger partial charge in [0.05, 0.1) is 16.1 Å². The van der Waals surface area contributed by atoms with Gasteiger partial charge in [-0.15, -0.1) is 0 Å². The van der Waals surface area contributed by atoms with Crippen LogP contribution in [0.15, 0.2) is 122 Å². The predicted octanol–water partition coefficient (Wildman–Crippen LogP) is 9.96. The van der Waals surface area contributed by atoms with Crippen molar-refractivity contribution in [1.82, 2.24) is 9.97 Å². The van der Waals surface area contributed by atoms with Crippen LogP contribution in [0.3, 0.4) is 0 Å². The van der Waals surface area contributed by atoms with Gasteiger partial charge in [-0.3, -0.25) is 9.97 Å². The third-order valence-corrected chi connectivity index (χ3v) is 13.5. The number of rotatable bonds is 12. The average Bonchev–Trinajstić information content (AvgIpc) is 3.02. The van der Waals surface area contributed by atoms with E-state index in [-0.39, 0.29) is 0 Å². The molecule has 0 N–H and O–H groups in total. The number of pyridine rings is 2. The molecular formula is C40H44N2Si2. The van der Waals surface area contributed by atoms with Crippen molar-refractivity contribution in [2.45, 2.75) is 50.4 Å². The summed E-state index contributed by atoms with van der Waals surface area (Å²) in [6.45, 7) is 10.1. The van der Waals surface area contributed by atoms with Gasteiger partial charge in [0, 0.05) is 24.8 Å². The Bertz CT molecular complexity index is 1530. The molecule has 0 amide bonds. The van der Waals surface area contributed by atoms with E-state index in [9.17, 15) is 0 Å². The van der Waals surface area contributed by atoms with Gasteiger partial charge >= 0.3 is 0 Å². The van der Waals surface area contributed by atoms with Crippen LogP contribution in [-0.2, 0) is 24.2 Å². The molecule has 0 atom stereocenters. The normalized spacial score (nSPS) is 12.3. The van der Waals surface area contributed by atoms with Gasteiger partial charge in [0.1, 0.15) is 0 Å². The zero-order chi connectivity index (χ0) is 30.8. The maximum atomic E-state index is 4.19. The summed E-state index contributed by atoms with van der Waals surface area (Å²) in [5.41, 5.74) is 10.6. The minimum Gasteiger partial charge on any atom is -0.264 e. The smallest absolute Gasteiger partial charge is 0.0561 e. The van der Waals surface area contributed by atoms with Gasteiger partial charge in [-0.1, -0.05) is 158 Å². The molecule has 44 heavy (non-hydrogen) atoms. The molecule has 0 fully saturated rings. The molecule has 0 unspecified atom stereocenters. The van der Waals surface area contributed by atoms with Crippen LogP contribution in [0, 0.1) is 0 Å². The second kappa shape index (κ2) is 14.6. The quantitative estimate of drug-likeness (QED) is 0.132. The lowest BCUT2D eigenvalue weighted by Gasteiger charge is -2.24. The largest absolute Gasteiger partial charge is 0.264 e. The molecule has 3 aromatic carbocycles. The van der Waals surface area contributed by atoms with E-state index in [0.717, 1.165) is 11.1 Å². The molecule has 0 saturated carbocycles. The fourth-order valence-electron chi connectivity index (χ4n) is 5.94. The first-order valence-electron chi connectivity index (χ1n) is 15.6. The van der Waals surface area contributed by atoms with Crippen LogP contribution in [0.5, 0.6) is 0 Å². The first-order chi connectivity index (χ1) is 21.2. The minimum absolute atomic E-state index is 1.12. The van der Waals surface area contributed by atoms with Crippen LogP contribution in [0.4, 0.5) is 0 Å². The van der Waals surface area contributed by atoms with Gasteiger partial charge in [0.2, 0.25) is 0 Å². The molecule has 0 bridgehead atoms. The maximum absolute atomic E-state index is 4.19. The van der Waals surface area contributed by atoms with Gasteiger partial charge < -0.3 is 0 Å². The van der Waals surface area contributed by atoms with Crippen molar-refractivity contribution < 1.29 is 0 Å². The Morgan fingerprint density at radius 2 is 0.705 bits per heavy atom. The summed E-state index contributed by atoms with van der Waals surface area (Å²) in [6.07, 6.45) is 16.0. The van der Waals surface area contributed by atoms with Crippen LogP contribution in [0.1, 0.15) is 44.5 Å². The Morgan fingerprint density at radius 1 is 0.409 bits per heavy atom. The molecule has 2 aromatic heterocycles. The van der Waals surface area contributed by atoms with Crippen LogP contribution in [0.25, 0.3) is 24.3 Å². The number of nitrogens with zero attached hydrogens (tertiary/aromatic N) is 2. The molecule has 0 aliphatic carbocycles. The lowest BCUT2D eigenvalue weighted by atomic mass is 10.1. The van der Waals surface area contributed by atoms with Crippen LogP contribution < -0.4 is 0 Å². The first-order valence-corrected chi connectivity index (χ1v) is 22.5. The van der Waals surface area contributed by atoms with Crippen LogP contribution in [-0.4, -0.2) is 26.1 Å². The van der Waals surface area contributed by atoms with Gasteiger partial charge in [-0.05, 0) is 58.6 Å². The van der Waals surface area contributed by atoms with E-state index < -0.39 is 16.1 Å². The Balaban J connectivity index is 1.12. The second-order valence-electron chi connectivity index (χ2n) is 13.6. The second-order valence-corrected chi connectivity index (χ2v) is 23.6. The summed E-state index contributed by atoms with van der Waals surface area (Å²) < 4.78 is 0. The molecular weight excluding hydrogens is 565 g/mol. The third kappa shape index (κ3) is 9.97. The molecule has 2 heterocycles. The fraction of sp³-hybridized carbons (Fsp3) is 0.200. The molecule has 5 rings (SSSR count). The van der Waals surface area contributed by atoms with Crippen molar-refractivity contribution >= 4 is 40.5 Å². The Morgan fingerprint density at radius 3 is 1.00 bits per heavy atom. The molecule has 4 heteroatoms. The molecule has 2 nitrogen and oxygen atoms in total. The highest BCUT2D eigenvalue weighted by Gasteiger charge is 2.24. The molecule has 0 aliphatic rings. The van der Waals surface area contributed by atoms with Crippen LogP contribution in [0.2, 0.25) is 26.2 Å². The molecule has 0 spiro atoms. The van der Waals surface area contributed by atoms with E-state index >= 15 is 0 Å². The van der Waals surface area contributed by atoms with Gasteiger partial charge in [-0.2, -0.15) is 0 Å². The van der Waals surface area contributed by atoms with E-state index in [1.807, 2.05) is 24.5 Å². The van der Waals surface area contributed by atoms with Crippen LogP contribution >= 0.6 is 0 Å². The fourth-order valence-corrected chi connectivity index (χ4v) is 11.6. The summed E-state index contributed by atoms with van der Waals surface area (Å²) in [6, 6.07) is 40.6. The topological polar surface area (TPSA) is 25.8 Å². The van der Waals surface area contributed by atoms with E-state index in [4.69, 9.17) is 0 Å². The highest BCUT2D eigenvalue weighted by atomic mass is 28.3. The number of hydrogen-bond donors (Lipinski definition) is 0.